The van der Waals surface area contributed by atoms with Gasteiger partial charge >= 0.3 is 0 Å². The van der Waals surface area contributed by atoms with Crippen molar-refractivity contribution >= 4 is 17.3 Å². The largest absolute Gasteiger partial charge is 0.366 e. The topological polar surface area (TPSA) is 49.8 Å². The van der Waals surface area contributed by atoms with Gasteiger partial charge in [0.05, 0.1) is 0 Å². The fourth-order valence-electron chi connectivity index (χ4n) is 2.30. The molecule has 0 aliphatic carbocycles. The van der Waals surface area contributed by atoms with E-state index in [4.69, 9.17) is 0 Å². The second kappa shape index (κ2) is 7.08. The molecule has 0 saturated heterocycles. The van der Waals surface area contributed by atoms with Crippen molar-refractivity contribution in [1.29, 1.82) is 0 Å². The van der Waals surface area contributed by atoms with E-state index in [0.717, 1.165) is 11.5 Å². The minimum Gasteiger partial charge on any atom is -0.366 e. The van der Waals surface area contributed by atoms with Crippen LogP contribution in [0.4, 0.5) is 21.7 Å². The molecule has 2 N–H and O–H groups in total. The Morgan fingerprint density at radius 3 is 2.25 bits per heavy atom. The Labute approximate surface area is 140 Å². The summed E-state index contributed by atoms with van der Waals surface area (Å²) >= 11 is 0. The van der Waals surface area contributed by atoms with E-state index in [1.54, 1.807) is 12.1 Å². The lowest BCUT2D eigenvalue weighted by molar-refractivity contribution is 0.628. The Hall–Kier alpha value is -2.95. The maximum absolute atomic E-state index is 13.0. The van der Waals surface area contributed by atoms with E-state index in [1.165, 1.54) is 23.3 Å². The average Bonchev–Trinajstić information content (AvgIpc) is 2.56. The number of aromatic nitrogens is 2. The van der Waals surface area contributed by atoms with E-state index >= 15 is 0 Å². The van der Waals surface area contributed by atoms with Gasteiger partial charge in [0.2, 0.25) is 0 Å². The second-order valence-electron chi connectivity index (χ2n) is 5.66. The van der Waals surface area contributed by atoms with Crippen LogP contribution < -0.4 is 10.6 Å². The maximum Gasteiger partial charge on any atom is 0.136 e. The summed E-state index contributed by atoms with van der Waals surface area (Å²) in [5.41, 5.74) is 3.20. The summed E-state index contributed by atoms with van der Waals surface area (Å²) in [5.74, 6) is 1.81. The zero-order valence-electron chi connectivity index (χ0n) is 13.7. The molecule has 24 heavy (non-hydrogen) atoms. The highest BCUT2D eigenvalue weighted by molar-refractivity contribution is 5.59. The number of halogens is 1. The third-order valence-corrected chi connectivity index (χ3v) is 3.55. The van der Waals surface area contributed by atoms with Crippen LogP contribution in [-0.2, 0) is 6.54 Å². The molecule has 2 aromatic carbocycles. The number of nitrogens with one attached hydrogen (secondary N) is 2. The molecule has 1 aromatic heterocycles. The Kier molecular flexibility index (Phi) is 4.70. The molecule has 1 heterocycles. The predicted molar refractivity (Wildman–Crippen MR) is 95.0 cm³/mol. The summed E-state index contributed by atoms with van der Waals surface area (Å²) in [4.78, 5) is 8.76. The van der Waals surface area contributed by atoms with Crippen LogP contribution >= 0.6 is 0 Å². The molecule has 122 valence electrons. The Morgan fingerprint density at radius 1 is 0.875 bits per heavy atom. The second-order valence-corrected chi connectivity index (χ2v) is 5.66. The number of anilines is 3. The van der Waals surface area contributed by atoms with Crippen molar-refractivity contribution < 1.29 is 4.39 Å². The Morgan fingerprint density at radius 2 is 1.54 bits per heavy atom. The normalized spacial score (nSPS) is 10.5. The van der Waals surface area contributed by atoms with Gasteiger partial charge in [-0.25, -0.2) is 14.4 Å². The van der Waals surface area contributed by atoms with Gasteiger partial charge in [0.1, 0.15) is 23.3 Å². The number of benzene rings is 2. The van der Waals surface area contributed by atoms with E-state index in [2.05, 4.69) is 51.8 Å². The summed E-state index contributed by atoms with van der Waals surface area (Å²) < 4.78 is 13.0. The molecule has 5 heteroatoms. The van der Waals surface area contributed by atoms with Crippen LogP contribution in [0, 0.1) is 19.7 Å². The number of nitrogens with zero attached hydrogens (tertiary/aromatic N) is 2. The third kappa shape index (κ3) is 4.29. The van der Waals surface area contributed by atoms with Gasteiger partial charge in [0, 0.05) is 18.3 Å². The van der Waals surface area contributed by atoms with E-state index < -0.39 is 0 Å². The molecule has 0 atom stereocenters. The highest BCUT2D eigenvalue weighted by Gasteiger charge is 2.03. The number of rotatable bonds is 5. The molecule has 0 saturated carbocycles. The van der Waals surface area contributed by atoms with Crippen LogP contribution in [0.15, 0.2) is 54.6 Å². The summed E-state index contributed by atoms with van der Waals surface area (Å²) in [6.07, 6.45) is 0. The lowest BCUT2D eigenvalue weighted by Crippen LogP contribution is -2.05. The monoisotopic (exact) mass is 322 g/mol. The molecule has 0 bridgehead atoms. The van der Waals surface area contributed by atoms with E-state index in [-0.39, 0.29) is 5.82 Å². The first-order valence-electron chi connectivity index (χ1n) is 7.76. The predicted octanol–water partition coefficient (Wildman–Crippen LogP) is 4.59. The fraction of sp³-hybridized carbons (Fsp3) is 0.158. The summed E-state index contributed by atoms with van der Waals surface area (Å²) in [6, 6.07) is 16.4. The van der Waals surface area contributed by atoms with Crippen LogP contribution in [0.5, 0.6) is 0 Å². The molecule has 3 aromatic rings. The maximum atomic E-state index is 13.0. The highest BCUT2D eigenvalue weighted by Crippen LogP contribution is 2.18. The van der Waals surface area contributed by atoms with Crippen LogP contribution in [0.1, 0.15) is 17.0 Å². The molecule has 0 aliphatic rings. The van der Waals surface area contributed by atoms with Gasteiger partial charge in [-0.1, -0.05) is 29.8 Å². The van der Waals surface area contributed by atoms with Crippen molar-refractivity contribution in [3.05, 3.63) is 77.4 Å². The molecule has 0 fully saturated rings. The smallest absolute Gasteiger partial charge is 0.136 e. The minimum absolute atomic E-state index is 0.264. The van der Waals surface area contributed by atoms with Gasteiger partial charge < -0.3 is 10.6 Å². The lowest BCUT2D eigenvalue weighted by Gasteiger charge is -2.10. The fourth-order valence-corrected chi connectivity index (χ4v) is 2.30. The van der Waals surface area contributed by atoms with Gasteiger partial charge in [-0.2, -0.15) is 0 Å². The Balaban J connectivity index is 1.71. The first-order chi connectivity index (χ1) is 11.6. The van der Waals surface area contributed by atoms with Crippen molar-refractivity contribution in [3.63, 3.8) is 0 Å². The molecular weight excluding hydrogens is 303 g/mol. The number of hydrogen-bond donors (Lipinski definition) is 2. The van der Waals surface area contributed by atoms with Gasteiger partial charge in [-0.05, 0) is 43.7 Å². The Bertz CT molecular complexity index is 814. The molecule has 0 amide bonds. The third-order valence-electron chi connectivity index (χ3n) is 3.55. The number of hydrogen-bond acceptors (Lipinski definition) is 4. The quantitative estimate of drug-likeness (QED) is 0.721. The van der Waals surface area contributed by atoms with Crippen LogP contribution in [0.3, 0.4) is 0 Å². The highest BCUT2D eigenvalue weighted by atomic mass is 19.1. The van der Waals surface area contributed by atoms with Crippen LogP contribution in [0.2, 0.25) is 0 Å². The van der Waals surface area contributed by atoms with Crippen molar-refractivity contribution in [2.45, 2.75) is 20.4 Å². The van der Waals surface area contributed by atoms with Gasteiger partial charge in [0.15, 0.2) is 0 Å². The lowest BCUT2D eigenvalue weighted by atomic mass is 10.1. The molecule has 0 unspecified atom stereocenters. The van der Waals surface area contributed by atoms with E-state index in [1.807, 2.05) is 13.0 Å². The summed E-state index contributed by atoms with van der Waals surface area (Å²) in [6.45, 7) is 4.60. The first-order valence-corrected chi connectivity index (χ1v) is 7.76. The zero-order chi connectivity index (χ0) is 16.9. The van der Waals surface area contributed by atoms with Crippen molar-refractivity contribution in [2.75, 3.05) is 10.6 Å². The zero-order valence-corrected chi connectivity index (χ0v) is 13.7. The molecule has 0 radical (unpaired) electrons. The molecule has 0 spiro atoms. The van der Waals surface area contributed by atoms with Crippen molar-refractivity contribution in [2.24, 2.45) is 0 Å². The average molecular weight is 322 g/mol. The van der Waals surface area contributed by atoms with Gasteiger partial charge in [0.25, 0.3) is 0 Å². The van der Waals surface area contributed by atoms with Gasteiger partial charge in [-0.3, -0.25) is 0 Å². The van der Waals surface area contributed by atoms with Gasteiger partial charge in [-0.15, -0.1) is 0 Å². The first kappa shape index (κ1) is 15.9. The molecule has 4 nitrogen and oxygen atoms in total. The standard InChI is InChI=1S/C19H19FN4/c1-13-3-5-15(6-4-13)12-21-18-11-19(23-14(2)22-18)24-17-9-7-16(20)8-10-17/h3-11H,12H2,1-2H3,(H2,21,22,23,24). The minimum atomic E-state index is -0.264. The summed E-state index contributed by atoms with van der Waals surface area (Å²) in [5, 5.41) is 6.47. The molecular formula is C19H19FN4. The van der Waals surface area contributed by atoms with Crippen LogP contribution in [0.25, 0.3) is 0 Å². The van der Waals surface area contributed by atoms with E-state index in [9.17, 15) is 4.39 Å². The molecule has 0 aliphatic heterocycles. The number of aryl methyl sites for hydroxylation is 2. The van der Waals surface area contributed by atoms with Crippen LogP contribution in [-0.4, -0.2) is 9.97 Å². The summed E-state index contributed by atoms with van der Waals surface area (Å²) in [7, 11) is 0. The van der Waals surface area contributed by atoms with Crippen molar-refractivity contribution in [1.82, 2.24) is 9.97 Å². The molecule has 3 rings (SSSR count). The van der Waals surface area contributed by atoms with Crippen molar-refractivity contribution in [3.8, 4) is 0 Å². The van der Waals surface area contributed by atoms with E-state index in [0.29, 0.717) is 18.2 Å². The SMILES string of the molecule is Cc1ccc(CNc2cc(Nc3ccc(F)cc3)nc(C)n2)cc1.